The summed E-state index contributed by atoms with van der Waals surface area (Å²) >= 11 is 0. The Morgan fingerprint density at radius 3 is 2.62 bits per heavy atom. The second kappa shape index (κ2) is 6.02. The monoisotopic (exact) mass is 219 g/mol. The van der Waals surface area contributed by atoms with Gasteiger partial charge >= 0.3 is 0 Å². The maximum absolute atomic E-state index is 9.83. The Labute approximate surface area is 97.7 Å². The average molecular weight is 219 g/mol. The molecule has 16 heavy (non-hydrogen) atoms. The van der Waals surface area contributed by atoms with E-state index in [-0.39, 0.29) is 6.10 Å². The van der Waals surface area contributed by atoms with Gasteiger partial charge in [-0.05, 0) is 24.3 Å². The molecule has 2 heteroatoms. The van der Waals surface area contributed by atoms with Crippen molar-refractivity contribution in [2.45, 2.75) is 38.3 Å². The van der Waals surface area contributed by atoms with Crippen LogP contribution in [-0.4, -0.2) is 17.8 Å². The van der Waals surface area contributed by atoms with Crippen LogP contribution in [0.3, 0.4) is 0 Å². The Hall–Kier alpha value is -0.860. The summed E-state index contributed by atoms with van der Waals surface area (Å²) in [6, 6.07) is 10.4. The molecule has 0 amide bonds. The molecule has 0 radical (unpaired) electrons. The van der Waals surface area contributed by atoms with Crippen LogP contribution in [0.4, 0.5) is 0 Å². The van der Waals surface area contributed by atoms with Gasteiger partial charge in [-0.2, -0.15) is 0 Å². The molecule has 1 aliphatic carbocycles. The SMILES string of the molecule is O[C@H]1CCCC[C@H]1CNCc1ccccc1. The summed E-state index contributed by atoms with van der Waals surface area (Å²) in [7, 11) is 0. The number of rotatable bonds is 4. The van der Waals surface area contributed by atoms with Crippen LogP contribution in [0.5, 0.6) is 0 Å². The maximum Gasteiger partial charge on any atom is 0.0580 e. The Morgan fingerprint density at radius 1 is 1.12 bits per heavy atom. The van der Waals surface area contributed by atoms with Crippen LogP contribution in [0.25, 0.3) is 0 Å². The van der Waals surface area contributed by atoms with Crippen molar-refractivity contribution in [1.29, 1.82) is 0 Å². The van der Waals surface area contributed by atoms with Crippen LogP contribution >= 0.6 is 0 Å². The zero-order valence-corrected chi connectivity index (χ0v) is 9.73. The summed E-state index contributed by atoms with van der Waals surface area (Å²) in [6.07, 6.45) is 4.53. The van der Waals surface area contributed by atoms with Crippen LogP contribution in [-0.2, 0) is 6.54 Å². The molecule has 2 rings (SSSR count). The molecule has 88 valence electrons. The summed E-state index contributed by atoms with van der Waals surface area (Å²) in [6.45, 7) is 1.85. The van der Waals surface area contributed by atoms with Gasteiger partial charge in [0.15, 0.2) is 0 Å². The van der Waals surface area contributed by atoms with Crippen LogP contribution in [0.15, 0.2) is 30.3 Å². The summed E-state index contributed by atoms with van der Waals surface area (Å²) in [5.41, 5.74) is 1.31. The zero-order valence-electron chi connectivity index (χ0n) is 9.73. The summed E-state index contributed by atoms with van der Waals surface area (Å²) in [5.74, 6) is 0.456. The standard InChI is InChI=1S/C14H21NO/c16-14-9-5-4-8-13(14)11-15-10-12-6-2-1-3-7-12/h1-3,6-7,13-16H,4-5,8-11H2/t13-,14-/m0/s1. The molecule has 0 spiro atoms. The lowest BCUT2D eigenvalue weighted by Gasteiger charge is -2.27. The predicted octanol–water partition coefficient (Wildman–Crippen LogP) is 2.33. The van der Waals surface area contributed by atoms with Gasteiger partial charge in [0.25, 0.3) is 0 Å². The quantitative estimate of drug-likeness (QED) is 0.814. The third-order valence-electron chi connectivity index (χ3n) is 3.45. The first-order valence-electron chi connectivity index (χ1n) is 6.29. The van der Waals surface area contributed by atoms with Crippen molar-refractivity contribution < 1.29 is 5.11 Å². The smallest absolute Gasteiger partial charge is 0.0580 e. The average Bonchev–Trinajstić information content (AvgIpc) is 2.33. The van der Waals surface area contributed by atoms with E-state index in [1.165, 1.54) is 24.8 Å². The second-order valence-electron chi connectivity index (χ2n) is 4.73. The third-order valence-corrected chi connectivity index (χ3v) is 3.45. The van der Waals surface area contributed by atoms with Gasteiger partial charge < -0.3 is 10.4 Å². The van der Waals surface area contributed by atoms with Crippen molar-refractivity contribution in [2.75, 3.05) is 6.54 Å². The molecular formula is C14H21NO. The molecular weight excluding hydrogens is 198 g/mol. The van der Waals surface area contributed by atoms with Crippen molar-refractivity contribution in [3.05, 3.63) is 35.9 Å². The molecule has 2 nitrogen and oxygen atoms in total. The molecule has 0 heterocycles. The molecule has 0 bridgehead atoms. The normalized spacial score (nSPS) is 25.6. The van der Waals surface area contributed by atoms with Crippen LogP contribution in [0, 0.1) is 5.92 Å². The lowest BCUT2D eigenvalue weighted by atomic mass is 9.86. The Bertz CT molecular complexity index is 299. The first-order valence-corrected chi connectivity index (χ1v) is 6.29. The largest absolute Gasteiger partial charge is 0.393 e. The summed E-state index contributed by atoms with van der Waals surface area (Å²) in [5, 5.41) is 13.3. The molecule has 1 aliphatic rings. The minimum absolute atomic E-state index is 0.0861. The van der Waals surface area contributed by atoms with Crippen LogP contribution in [0.1, 0.15) is 31.2 Å². The number of nitrogens with one attached hydrogen (secondary N) is 1. The van der Waals surface area contributed by atoms with E-state index >= 15 is 0 Å². The van der Waals surface area contributed by atoms with Gasteiger partial charge in [-0.15, -0.1) is 0 Å². The van der Waals surface area contributed by atoms with E-state index in [9.17, 15) is 5.11 Å². The topological polar surface area (TPSA) is 32.3 Å². The van der Waals surface area contributed by atoms with Crippen LogP contribution in [0.2, 0.25) is 0 Å². The van der Waals surface area contributed by atoms with Gasteiger partial charge in [-0.1, -0.05) is 43.2 Å². The number of aliphatic hydroxyl groups is 1. The fourth-order valence-electron chi connectivity index (χ4n) is 2.42. The molecule has 0 aliphatic heterocycles. The molecule has 2 N–H and O–H groups in total. The molecule has 0 aromatic heterocycles. The van der Waals surface area contributed by atoms with E-state index in [4.69, 9.17) is 0 Å². The molecule has 1 aromatic carbocycles. The lowest BCUT2D eigenvalue weighted by molar-refractivity contribution is 0.0695. The highest BCUT2D eigenvalue weighted by atomic mass is 16.3. The van der Waals surface area contributed by atoms with E-state index in [1.54, 1.807) is 0 Å². The van der Waals surface area contributed by atoms with Gasteiger partial charge in [0.2, 0.25) is 0 Å². The summed E-state index contributed by atoms with van der Waals surface area (Å²) < 4.78 is 0. The Morgan fingerprint density at radius 2 is 1.88 bits per heavy atom. The fraction of sp³-hybridized carbons (Fsp3) is 0.571. The van der Waals surface area contributed by atoms with Gasteiger partial charge in [-0.25, -0.2) is 0 Å². The summed E-state index contributed by atoms with van der Waals surface area (Å²) in [4.78, 5) is 0. The zero-order chi connectivity index (χ0) is 11.2. The molecule has 0 saturated heterocycles. The first kappa shape index (κ1) is 11.6. The maximum atomic E-state index is 9.83. The number of hydrogen-bond donors (Lipinski definition) is 2. The third kappa shape index (κ3) is 3.32. The second-order valence-corrected chi connectivity index (χ2v) is 4.73. The minimum atomic E-state index is -0.0861. The van der Waals surface area contributed by atoms with E-state index in [2.05, 4.69) is 29.6 Å². The molecule has 0 unspecified atom stereocenters. The van der Waals surface area contributed by atoms with Crippen molar-refractivity contribution in [3.63, 3.8) is 0 Å². The van der Waals surface area contributed by atoms with E-state index < -0.39 is 0 Å². The van der Waals surface area contributed by atoms with Crippen molar-refractivity contribution >= 4 is 0 Å². The molecule has 1 saturated carbocycles. The number of aliphatic hydroxyl groups excluding tert-OH is 1. The highest BCUT2D eigenvalue weighted by Gasteiger charge is 2.22. The van der Waals surface area contributed by atoms with Gasteiger partial charge in [0.1, 0.15) is 0 Å². The highest BCUT2D eigenvalue weighted by Crippen LogP contribution is 2.23. The highest BCUT2D eigenvalue weighted by molar-refractivity contribution is 5.14. The van der Waals surface area contributed by atoms with Gasteiger partial charge in [0, 0.05) is 13.1 Å². The number of benzene rings is 1. The number of hydrogen-bond acceptors (Lipinski definition) is 2. The van der Waals surface area contributed by atoms with Crippen molar-refractivity contribution in [1.82, 2.24) is 5.32 Å². The Balaban J connectivity index is 1.71. The predicted molar refractivity (Wildman–Crippen MR) is 66.1 cm³/mol. The van der Waals surface area contributed by atoms with Crippen LogP contribution < -0.4 is 5.32 Å². The minimum Gasteiger partial charge on any atom is -0.393 e. The Kier molecular flexibility index (Phi) is 4.37. The van der Waals surface area contributed by atoms with Crippen molar-refractivity contribution in [3.8, 4) is 0 Å². The van der Waals surface area contributed by atoms with E-state index in [0.29, 0.717) is 5.92 Å². The molecule has 1 fully saturated rings. The molecule has 2 atom stereocenters. The van der Waals surface area contributed by atoms with E-state index in [1.807, 2.05) is 6.07 Å². The van der Waals surface area contributed by atoms with Gasteiger partial charge in [-0.3, -0.25) is 0 Å². The van der Waals surface area contributed by atoms with Gasteiger partial charge in [0.05, 0.1) is 6.10 Å². The van der Waals surface area contributed by atoms with E-state index in [0.717, 1.165) is 19.5 Å². The lowest BCUT2D eigenvalue weighted by Crippen LogP contribution is -2.33. The molecule has 1 aromatic rings. The first-order chi connectivity index (χ1) is 7.86. The van der Waals surface area contributed by atoms with Crippen molar-refractivity contribution in [2.24, 2.45) is 5.92 Å². The fourth-order valence-corrected chi connectivity index (χ4v) is 2.42.